The van der Waals surface area contributed by atoms with E-state index in [1.807, 2.05) is 31.2 Å². The Morgan fingerprint density at radius 1 is 0.953 bits per heavy atom. The number of nitrogens with two attached hydrogens (primary N) is 4. The van der Waals surface area contributed by atoms with Gasteiger partial charge < -0.3 is 49.0 Å². The average molecular weight is 602 g/mol. The minimum Gasteiger partial charge on any atom is -0.480 e. The molecule has 14 heteroatoms. The molecule has 3 amide bonds. The van der Waals surface area contributed by atoms with Gasteiger partial charge in [-0.15, -0.1) is 0 Å². The summed E-state index contributed by atoms with van der Waals surface area (Å²) >= 11 is 0. The molecule has 13 N–H and O–H groups in total. The fourth-order valence-corrected chi connectivity index (χ4v) is 4.63. The number of unbranched alkanes of at least 4 members (excludes halogenated alkanes) is 1. The monoisotopic (exact) mass is 601 g/mol. The van der Waals surface area contributed by atoms with Crippen LogP contribution < -0.4 is 38.9 Å². The SMILES string of the molecule is CCC(C)C(NC(=O)C(Cc1c[nH]c2ccccc12)NC(=O)C(N)CCCN=C(N)N)C(=O)NC(CCCCN)C(=O)O. The number of aliphatic imine (C=N–C) groups is 1. The molecule has 0 aliphatic carbocycles. The zero-order valence-corrected chi connectivity index (χ0v) is 25.0. The molecule has 0 fully saturated rings. The highest BCUT2D eigenvalue weighted by molar-refractivity contribution is 5.95. The highest BCUT2D eigenvalue weighted by Crippen LogP contribution is 2.20. The molecule has 1 aromatic heterocycles. The van der Waals surface area contributed by atoms with Gasteiger partial charge in [0.05, 0.1) is 6.04 Å². The third-order valence-electron chi connectivity index (χ3n) is 7.39. The molecule has 5 unspecified atom stereocenters. The number of carbonyl (C=O) groups excluding carboxylic acids is 3. The van der Waals surface area contributed by atoms with Gasteiger partial charge in [0.15, 0.2) is 5.96 Å². The topological polar surface area (TPSA) is 257 Å². The highest BCUT2D eigenvalue weighted by atomic mass is 16.4. The zero-order chi connectivity index (χ0) is 31.9. The van der Waals surface area contributed by atoms with Crippen LogP contribution in [0.2, 0.25) is 0 Å². The number of nitrogens with zero attached hydrogens (tertiary/aromatic N) is 1. The van der Waals surface area contributed by atoms with E-state index in [1.54, 1.807) is 13.1 Å². The first-order valence-electron chi connectivity index (χ1n) is 14.7. The van der Waals surface area contributed by atoms with Crippen molar-refractivity contribution in [1.29, 1.82) is 0 Å². The van der Waals surface area contributed by atoms with Gasteiger partial charge in [-0.2, -0.15) is 0 Å². The minimum absolute atomic E-state index is 0.0568. The van der Waals surface area contributed by atoms with E-state index in [9.17, 15) is 24.3 Å². The Bertz CT molecular complexity index is 1240. The summed E-state index contributed by atoms with van der Waals surface area (Å²) in [5.74, 6) is -3.31. The number of carboxylic acids is 1. The predicted molar refractivity (Wildman–Crippen MR) is 166 cm³/mol. The van der Waals surface area contributed by atoms with E-state index in [4.69, 9.17) is 22.9 Å². The van der Waals surface area contributed by atoms with Gasteiger partial charge in [-0.05, 0) is 56.2 Å². The van der Waals surface area contributed by atoms with Crippen LogP contribution in [-0.4, -0.2) is 77.0 Å². The summed E-state index contributed by atoms with van der Waals surface area (Å²) in [6.07, 6.45) is 4.51. The maximum atomic E-state index is 13.7. The summed E-state index contributed by atoms with van der Waals surface area (Å²) in [5.41, 5.74) is 24.0. The van der Waals surface area contributed by atoms with Gasteiger partial charge in [0.25, 0.3) is 0 Å². The summed E-state index contributed by atoms with van der Waals surface area (Å²) in [6, 6.07) is 3.39. The van der Waals surface area contributed by atoms with Crippen molar-refractivity contribution in [2.24, 2.45) is 33.8 Å². The summed E-state index contributed by atoms with van der Waals surface area (Å²) in [4.78, 5) is 59.0. The maximum Gasteiger partial charge on any atom is 0.326 e. The quantitative estimate of drug-likeness (QED) is 0.0586. The number of rotatable bonds is 19. The zero-order valence-electron chi connectivity index (χ0n) is 25.0. The van der Waals surface area contributed by atoms with Gasteiger partial charge in [0.1, 0.15) is 18.1 Å². The van der Waals surface area contributed by atoms with Crippen molar-refractivity contribution < 1.29 is 24.3 Å². The Hall–Kier alpha value is -4.17. The molecule has 5 atom stereocenters. The van der Waals surface area contributed by atoms with E-state index in [0.29, 0.717) is 38.8 Å². The molecule has 0 bridgehead atoms. The van der Waals surface area contributed by atoms with E-state index in [1.165, 1.54) is 0 Å². The highest BCUT2D eigenvalue weighted by Gasteiger charge is 2.33. The number of para-hydroxylation sites is 1. The number of guanidine groups is 1. The first-order chi connectivity index (χ1) is 20.5. The number of H-pyrrole nitrogens is 1. The van der Waals surface area contributed by atoms with Crippen molar-refractivity contribution in [2.45, 2.75) is 83.0 Å². The molecule has 43 heavy (non-hydrogen) atoms. The van der Waals surface area contributed by atoms with Gasteiger partial charge in [-0.1, -0.05) is 38.5 Å². The van der Waals surface area contributed by atoms with Crippen molar-refractivity contribution in [1.82, 2.24) is 20.9 Å². The summed E-state index contributed by atoms with van der Waals surface area (Å²) < 4.78 is 0. The van der Waals surface area contributed by atoms with E-state index < -0.39 is 47.9 Å². The van der Waals surface area contributed by atoms with Gasteiger partial charge in [-0.3, -0.25) is 19.4 Å². The molecular formula is C29H47N9O5. The van der Waals surface area contributed by atoms with Crippen molar-refractivity contribution in [3.05, 3.63) is 36.0 Å². The molecule has 14 nitrogen and oxygen atoms in total. The molecule has 0 aliphatic heterocycles. The Morgan fingerprint density at radius 2 is 1.65 bits per heavy atom. The Kier molecular flexibility index (Phi) is 14.4. The van der Waals surface area contributed by atoms with E-state index >= 15 is 0 Å². The number of hydrogen-bond acceptors (Lipinski definition) is 7. The molecule has 0 aliphatic rings. The second-order valence-corrected chi connectivity index (χ2v) is 10.7. The van der Waals surface area contributed by atoms with E-state index in [-0.39, 0.29) is 31.1 Å². The molecule has 2 aromatic rings. The summed E-state index contributed by atoms with van der Waals surface area (Å²) in [6.45, 7) is 4.36. The van der Waals surface area contributed by atoms with Crippen LogP contribution in [0.4, 0.5) is 0 Å². The lowest BCUT2D eigenvalue weighted by Crippen LogP contribution is -2.59. The average Bonchev–Trinajstić information content (AvgIpc) is 3.38. The van der Waals surface area contributed by atoms with Crippen LogP contribution >= 0.6 is 0 Å². The summed E-state index contributed by atoms with van der Waals surface area (Å²) in [5, 5.41) is 18.6. The second kappa shape index (κ2) is 17.7. The first kappa shape index (κ1) is 35.0. The number of aromatic amines is 1. The minimum atomic E-state index is -1.17. The lowest BCUT2D eigenvalue weighted by atomic mass is 9.96. The standard InChI is InChI=1S/C29H47N9O5/c1-3-17(2)24(27(41)36-22(28(42)43)12-6-7-13-30)38-26(40)23(15-18-16-35-21-11-5-4-9-19(18)21)37-25(39)20(31)10-8-14-34-29(32)33/h4-5,9,11,16-17,20,22-24,35H,3,6-8,10,12-15,30-31H2,1-2H3,(H,36,41)(H,37,39)(H,38,40)(H,42,43)(H4,32,33,34). The van der Waals surface area contributed by atoms with Crippen LogP contribution in [0.5, 0.6) is 0 Å². The lowest BCUT2D eigenvalue weighted by Gasteiger charge is -2.28. The number of fused-ring (bicyclic) bond motifs is 1. The van der Waals surface area contributed by atoms with Crippen LogP contribution in [0.15, 0.2) is 35.5 Å². The number of carboxylic acid groups (broad SMARTS) is 1. The number of hydrogen-bond donors (Lipinski definition) is 9. The van der Waals surface area contributed by atoms with Crippen LogP contribution in [0.25, 0.3) is 10.9 Å². The molecule has 0 saturated carbocycles. The number of carbonyl (C=O) groups is 4. The first-order valence-corrected chi connectivity index (χ1v) is 14.7. The van der Waals surface area contributed by atoms with Crippen molar-refractivity contribution in [3.8, 4) is 0 Å². The Balaban J connectivity index is 2.26. The molecule has 1 aromatic carbocycles. The van der Waals surface area contributed by atoms with E-state index in [2.05, 4.69) is 25.9 Å². The van der Waals surface area contributed by atoms with Gasteiger partial charge in [-0.25, -0.2) is 4.79 Å². The van der Waals surface area contributed by atoms with Crippen molar-refractivity contribution >= 4 is 40.6 Å². The Morgan fingerprint density at radius 3 is 2.30 bits per heavy atom. The van der Waals surface area contributed by atoms with Gasteiger partial charge >= 0.3 is 5.97 Å². The predicted octanol–water partition coefficient (Wildman–Crippen LogP) is -0.195. The Labute approximate surface area is 251 Å². The number of benzene rings is 1. The van der Waals surface area contributed by atoms with Crippen molar-refractivity contribution in [3.63, 3.8) is 0 Å². The third-order valence-corrected chi connectivity index (χ3v) is 7.39. The number of amides is 3. The molecule has 0 spiro atoms. The van der Waals surface area contributed by atoms with Crippen LogP contribution in [0, 0.1) is 5.92 Å². The van der Waals surface area contributed by atoms with Crippen molar-refractivity contribution in [2.75, 3.05) is 13.1 Å². The van der Waals surface area contributed by atoms with Crippen LogP contribution in [0.3, 0.4) is 0 Å². The summed E-state index contributed by atoms with van der Waals surface area (Å²) in [7, 11) is 0. The molecule has 1 heterocycles. The molecule has 238 valence electrons. The smallest absolute Gasteiger partial charge is 0.326 e. The largest absolute Gasteiger partial charge is 0.480 e. The van der Waals surface area contributed by atoms with E-state index in [0.717, 1.165) is 16.5 Å². The fourth-order valence-electron chi connectivity index (χ4n) is 4.63. The lowest BCUT2D eigenvalue weighted by molar-refractivity contribution is -0.143. The molecule has 0 saturated heterocycles. The number of nitrogens with one attached hydrogen (secondary N) is 4. The number of aliphatic carboxylic acids is 1. The number of aromatic nitrogens is 1. The van der Waals surface area contributed by atoms with Crippen LogP contribution in [-0.2, 0) is 25.6 Å². The van der Waals surface area contributed by atoms with Gasteiger partial charge in [0, 0.05) is 30.1 Å². The molecular weight excluding hydrogens is 554 g/mol. The second-order valence-electron chi connectivity index (χ2n) is 10.7. The van der Waals surface area contributed by atoms with Crippen LogP contribution in [0.1, 0.15) is 57.9 Å². The fraction of sp³-hybridized carbons (Fsp3) is 0.552. The molecule has 0 radical (unpaired) electrons. The molecule has 2 rings (SSSR count). The normalized spacial score (nSPS) is 14.6. The third kappa shape index (κ3) is 11.2. The maximum absolute atomic E-state index is 13.7. The van der Waals surface area contributed by atoms with Gasteiger partial charge in [0.2, 0.25) is 17.7 Å².